The maximum absolute atomic E-state index is 3.59. The molecule has 0 nitrogen and oxygen atoms in total. The lowest BCUT2D eigenvalue weighted by Gasteiger charge is -2.17. The third-order valence-electron chi connectivity index (χ3n) is 2.57. The van der Waals surface area contributed by atoms with E-state index in [1.807, 2.05) is 0 Å². The molecule has 0 fully saturated rings. The van der Waals surface area contributed by atoms with Crippen molar-refractivity contribution in [2.45, 2.75) is 52.9 Å². The van der Waals surface area contributed by atoms with E-state index in [1.54, 1.807) is 0 Å². The monoisotopic (exact) mass is 234 g/mol. The summed E-state index contributed by atoms with van der Waals surface area (Å²) in [4.78, 5) is 0. The Hall–Kier alpha value is 0.480. The van der Waals surface area contributed by atoms with Gasteiger partial charge in [-0.15, -0.1) is 0 Å². The summed E-state index contributed by atoms with van der Waals surface area (Å²) in [6, 6.07) is 0. The van der Waals surface area contributed by atoms with Gasteiger partial charge in [0.2, 0.25) is 0 Å². The summed E-state index contributed by atoms with van der Waals surface area (Å²) >= 11 is 3.59. The molecule has 0 aliphatic carbocycles. The molecule has 0 heterocycles. The molecule has 0 saturated carbocycles. The summed E-state index contributed by atoms with van der Waals surface area (Å²) in [5.41, 5.74) is 0. The largest absolute Gasteiger partial charge is 0.0925 e. The number of hydrogen-bond donors (Lipinski definition) is 0. The lowest BCUT2D eigenvalue weighted by Crippen LogP contribution is -2.09. The molecule has 0 aromatic rings. The third kappa shape index (κ3) is 6.05. The highest BCUT2D eigenvalue weighted by Crippen LogP contribution is 2.20. The van der Waals surface area contributed by atoms with Crippen molar-refractivity contribution in [1.82, 2.24) is 0 Å². The molecule has 1 atom stereocenters. The second-order valence-corrected chi connectivity index (χ2v) is 4.66. The zero-order valence-electron chi connectivity index (χ0n) is 8.78. The van der Waals surface area contributed by atoms with E-state index < -0.39 is 0 Å². The van der Waals surface area contributed by atoms with Crippen molar-refractivity contribution >= 4 is 15.9 Å². The summed E-state index contributed by atoms with van der Waals surface area (Å²) in [7, 11) is 0. The molecule has 1 unspecified atom stereocenters. The molecule has 0 rings (SSSR count). The molecule has 0 N–H and O–H groups in total. The van der Waals surface area contributed by atoms with Gasteiger partial charge >= 0.3 is 0 Å². The van der Waals surface area contributed by atoms with Crippen molar-refractivity contribution in [3.63, 3.8) is 0 Å². The van der Waals surface area contributed by atoms with Crippen LogP contribution < -0.4 is 0 Å². The molecular weight excluding hydrogens is 212 g/mol. The lowest BCUT2D eigenvalue weighted by atomic mass is 9.92. The molecule has 0 radical (unpaired) electrons. The number of unbranched alkanes of at least 4 members (excludes halogenated alkanes) is 3. The van der Waals surface area contributed by atoms with E-state index in [0.717, 1.165) is 11.8 Å². The molecule has 0 amide bonds. The van der Waals surface area contributed by atoms with Crippen LogP contribution in [0.25, 0.3) is 0 Å². The number of hydrogen-bond acceptors (Lipinski definition) is 0. The fraction of sp³-hybridized carbons (Fsp3) is 1.00. The number of alkyl halides is 1. The van der Waals surface area contributed by atoms with E-state index >= 15 is 0 Å². The maximum Gasteiger partial charge on any atom is 0.00621 e. The molecule has 0 saturated heterocycles. The first-order chi connectivity index (χ1) is 5.72. The predicted molar refractivity (Wildman–Crippen MR) is 60.9 cm³/mol. The van der Waals surface area contributed by atoms with Gasteiger partial charge in [-0.05, 0) is 18.3 Å². The average Bonchev–Trinajstić information content (AvgIpc) is 2.04. The fourth-order valence-electron chi connectivity index (χ4n) is 1.42. The van der Waals surface area contributed by atoms with Gasteiger partial charge in [-0.1, -0.05) is 62.4 Å². The highest BCUT2D eigenvalue weighted by atomic mass is 79.9. The number of halogens is 1. The molecule has 0 aromatic carbocycles. The van der Waals surface area contributed by atoms with Crippen molar-refractivity contribution in [2.24, 2.45) is 11.8 Å². The van der Waals surface area contributed by atoms with Crippen LogP contribution in [-0.2, 0) is 0 Å². The molecule has 0 aromatic heterocycles. The van der Waals surface area contributed by atoms with Gasteiger partial charge in [-0.25, -0.2) is 0 Å². The zero-order valence-corrected chi connectivity index (χ0v) is 10.4. The molecule has 12 heavy (non-hydrogen) atoms. The van der Waals surface area contributed by atoms with Crippen molar-refractivity contribution in [3.05, 3.63) is 0 Å². The molecule has 74 valence electrons. The Balaban J connectivity index is 3.32. The summed E-state index contributed by atoms with van der Waals surface area (Å²) in [6.07, 6.45) is 7.01. The smallest absolute Gasteiger partial charge is 0.00621 e. The molecule has 0 bridgehead atoms. The van der Waals surface area contributed by atoms with Crippen LogP contribution in [0.2, 0.25) is 0 Å². The summed E-state index contributed by atoms with van der Waals surface area (Å²) < 4.78 is 0. The van der Waals surface area contributed by atoms with Crippen molar-refractivity contribution in [2.75, 3.05) is 5.33 Å². The van der Waals surface area contributed by atoms with Gasteiger partial charge in [0.15, 0.2) is 0 Å². The van der Waals surface area contributed by atoms with Crippen molar-refractivity contribution < 1.29 is 0 Å². The van der Waals surface area contributed by atoms with Crippen LogP contribution in [0.3, 0.4) is 0 Å². The Bertz CT molecular complexity index is 89.0. The quantitative estimate of drug-likeness (QED) is 0.446. The standard InChI is InChI=1S/C11H23Br/c1-4-5-6-7-8-11(9-12)10(2)3/h10-11H,4-9H2,1-3H3. The van der Waals surface area contributed by atoms with Gasteiger partial charge in [0, 0.05) is 5.33 Å². The van der Waals surface area contributed by atoms with E-state index in [-0.39, 0.29) is 0 Å². The minimum absolute atomic E-state index is 0.839. The highest BCUT2D eigenvalue weighted by Gasteiger charge is 2.10. The SMILES string of the molecule is CCCCCCC(CBr)C(C)C. The zero-order chi connectivity index (χ0) is 9.40. The minimum atomic E-state index is 0.839. The Morgan fingerprint density at radius 1 is 1.08 bits per heavy atom. The normalized spacial score (nSPS) is 13.8. The van der Waals surface area contributed by atoms with Crippen LogP contribution in [-0.4, -0.2) is 5.33 Å². The second-order valence-electron chi connectivity index (χ2n) is 4.01. The Labute approximate surface area is 86.3 Å². The van der Waals surface area contributed by atoms with E-state index in [9.17, 15) is 0 Å². The first kappa shape index (κ1) is 12.5. The first-order valence-corrected chi connectivity index (χ1v) is 6.40. The van der Waals surface area contributed by atoms with Crippen LogP contribution in [0.15, 0.2) is 0 Å². The molecular formula is C11H23Br. The van der Waals surface area contributed by atoms with Gasteiger partial charge in [0.05, 0.1) is 0 Å². The molecule has 0 spiro atoms. The summed E-state index contributed by atoms with van der Waals surface area (Å²) in [5, 5.41) is 1.18. The third-order valence-corrected chi connectivity index (χ3v) is 3.40. The summed E-state index contributed by atoms with van der Waals surface area (Å²) in [6.45, 7) is 6.92. The van der Waals surface area contributed by atoms with Gasteiger partial charge in [-0.3, -0.25) is 0 Å². The van der Waals surface area contributed by atoms with Crippen molar-refractivity contribution in [3.8, 4) is 0 Å². The Kier molecular flexibility index (Phi) is 8.42. The molecule has 1 heteroatoms. The first-order valence-electron chi connectivity index (χ1n) is 5.28. The average molecular weight is 235 g/mol. The van der Waals surface area contributed by atoms with Gasteiger partial charge in [0.1, 0.15) is 0 Å². The highest BCUT2D eigenvalue weighted by molar-refractivity contribution is 9.09. The fourth-order valence-corrected chi connectivity index (χ4v) is 2.49. The number of rotatable bonds is 7. The van der Waals surface area contributed by atoms with Gasteiger partial charge in [-0.2, -0.15) is 0 Å². The van der Waals surface area contributed by atoms with Crippen LogP contribution in [0.1, 0.15) is 52.9 Å². The van der Waals surface area contributed by atoms with Gasteiger partial charge in [0.25, 0.3) is 0 Å². The molecule has 0 aliphatic heterocycles. The van der Waals surface area contributed by atoms with Crippen LogP contribution in [0, 0.1) is 11.8 Å². The lowest BCUT2D eigenvalue weighted by molar-refractivity contribution is 0.384. The molecule has 0 aliphatic rings. The van der Waals surface area contributed by atoms with E-state index in [0.29, 0.717) is 0 Å². The van der Waals surface area contributed by atoms with E-state index in [4.69, 9.17) is 0 Å². The van der Waals surface area contributed by atoms with Crippen LogP contribution >= 0.6 is 15.9 Å². The van der Waals surface area contributed by atoms with E-state index in [1.165, 1.54) is 37.4 Å². The van der Waals surface area contributed by atoms with E-state index in [2.05, 4.69) is 36.7 Å². The van der Waals surface area contributed by atoms with Gasteiger partial charge < -0.3 is 0 Å². The maximum atomic E-state index is 3.59. The second kappa shape index (κ2) is 8.10. The van der Waals surface area contributed by atoms with Crippen molar-refractivity contribution in [1.29, 1.82) is 0 Å². The topological polar surface area (TPSA) is 0 Å². The predicted octanol–water partition coefficient (Wildman–Crippen LogP) is 4.62. The minimum Gasteiger partial charge on any atom is -0.0925 e. The van der Waals surface area contributed by atoms with Crippen LogP contribution in [0.5, 0.6) is 0 Å². The Morgan fingerprint density at radius 2 is 1.75 bits per heavy atom. The Morgan fingerprint density at radius 3 is 2.17 bits per heavy atom. The van der Waals surface area contributed by atoms with Crippen LogP contribution in [0.4, 0.5) is 0 Å². The summed E-state index contributed by atoms with van der Waals surface area (Å²) in [5.74, 6) is 1.73.